The van der Waals surface area contributed by atoms with E-state index in [2.05, 4.69) is 58.0 Å². The Morgan fingerprint density at radius 3 is 2.23 bits per heavy atom. The molecule has 1 fully saturated rings. The summed E-state index contributed by atoms with van der Waals surface area (Å²) in [6.07, 6.45) is 9.71. The number of hydrogen-bond donors (Lipinski definition) is 1. The molecule has 5 N–H and O–H groups in total. The van der Waals surface area contributed by atoms with Crippen molar-refractivity contribution in [3.63, 3.8) is 0 Å². The smallest absolute Gasteiger partial charge is 0.117 e. The zero-order valence-corrected chi connectivity index (χ0v) is 19.9. The fourth-order valence-corrected chi connectivity index (χ4v) is 3.90. The predicted molar refractivity (Wildman–Crippen MR) is 134 cm³/mol. The average Bonchev–Trinajstić information content (AvgIpc) is 3.41. The van der Waals surface area contributed by atoms with Crippen molar-refractivity contribution in [1.82, 2.24) is 5.32 Å². The molecular weight excluding hydrogens is 377 g/mol. The zero-order chi connectivity index (χ0) is 21.5. The summed E-state index contributed by atoms with van der Waals surface area (Å²) in [6.45, 7) is 20.5. The highest BCUT2D eigenvalue weighted by Crippen LogP contribution is 2.39. The minimum atomic E-state index is -1.06. The lowest BCUT2D eigenvalue weighted by molar-refractivity contribution is 0.215. The quantitative estimate of drug-likeness (QED) is 0.620. The Kier molecular flexibility index (Phi) is 13.7. The molecule has 1 aromatic rings. The molecule has 1 saturated carbocycles. The van der Waals surface area contributed by atoms with E-state index in [4.69, 9.17) is 0 Å². The van der Waals surface area contributed by atoms with Gasteiger partial charge in [0.1, 0.15) is 5.67 Å². The van der Waals surface area contributed by atoms with Crippen molar-refractivity contribution in [1.29, 1.82) is 0 Å². The SMILES string of the molecule is C=C.C=Cc1cc2c(c(C)c1/C=C(\C)C1CC1)C[C@H](C)C2.CNCC(C)(C)F.O.O.[HH]. The van der Waals surface area contributed by atoms with Crippen LogP contribution in [0.25, 0.3) is 12.2 Å². The van der Waals surface area contributed by atoms with E-state index in [1.807, 2.05) is 6.08 Å². The number of alkyl halides is 1. The molecule has 3 rings (SSSR count). The molecule has 30 heavy (non-hydrogen) atoms. The molecule has 0 spiro atoms. The topological polar surface area (TPSA) is 75.0 Å². The van der Waals surface area contributed by atoms with Crippen LogP contribution in [-0.4, -0.2) is 30.2 Å². The van der Waals surface area contributed by atoms with Crippen LogP contribution < -0.4 is 5.32 Å². The van der Waals surface area contributed by atoms with Crippen molar-refractivity contribution in [3.05, 3.63) is 59.2 Å². The van der Waals surface area contributed by atoms with Gasteiger partial charge in [0.25, 0.3) is 0 Å². The van der Waals surface area contributed by atoms with Gasteiger partial charge in [0.05, 0.1) is 0 Å². The maximum Gasteiger partial charge on any atom is 0.117 e. The summed E-state index contributed by atoms with van der Waals surface area (Å²) in [4.78, 5) is 0. The Morgan fingerprint density at radius 1 is 1.27 bits per heavy atom. The van der Waals surface area contributed by atoms with Crippen LogP contribution in [0.5, 0.6) is 0 Å². The molecule has 2 aliphatic rings. The molecule has 1 atom stereocenters. The molecule has 0 bridgehead atoms. The van der Waals surface area contributed by atoms with Crippen LogP contribution in [0.1, 0.15) is 69.8 Å². The van der Waals surface area contributed by atoms with Crippen molar-refractivity contribution in [3.8, 4) is 0 Å². The van der Waals surface area contributed by atoms with E-state index in [1.165, 1.54) is 42.4 Å². The van der Waals surface area contributed by atoms with Crippen molar-refractivity contribution >= 4 is 12.2 Å². The Labute approximate surface area is 185 Å². The van der Waals surface area contributed by atoms with E-state index in [1.54, 1.807) is 37.6 Å². The van der Waals surface area contributed by atoms with Gasteiger partial charge in [-0.25, -0.2) is 4.39 Å². The third-order valence-corrected chi connectivity index (χ3v) is 5.42. The minimum Gasteiger partial charge on any atom is -0.412 e. The van der Waals surface area contributed by atoms with Crippen LogP contribution in [0.4, 0.5) is 4.39 Å². The summed E-state index contributed by atoms with van der Waals surface area (Å²) in [6, 6.07) is 2.38. The lowest BCUT2D eigenvalue weighted by Gasteiger charge is -2.13. The van der Waals surface area contributed by atoms with Crippen LogP contribution >= 0.6 is 0 Å². The van der Waals surface area contributed by atoms with Gasteiger partial charge in [0.15, 0.2) is 0 Å². The second-order valence-corrected chi connectivity index (χ2v) is 8.77. The van der Waals surface area contributed by atoms with Gasteiger partial charge in [0, 0.05) is 7.97 Å². The summed E-state index contributed by atoms with van der Waals surface area (Å²) in [5.74, 6) is 1.65. The molecular formula is C26H46FNO2. The van der Waals surface area contributed by atoms with Gasteiger partial charge in [0.2, 0.25) is 0 Å². The first-order valence-corrected chi connectivity index (χ1v) is 10.5. The third-order valence-electron chi connectivity index (χ3n) is 5.42. The van der Waals surface area contributed by atoms with E-state index in [0.717, 1.165) is 11.8 Å². The molecule has 0 unspecified atom stereocenters. The molecule has 3 nitrogen and oxygen atoms in total. The second kappa shape index (κ2) is 13.5. The highest BCUT2D eigenvalue weighted by Gasteiger charge is 2.25. The maximum absolute atomic E-state index is 12.3. The molecule has 0 heterocycles. The number of benzene rings is 1. The number of halogens is 1. The Bertz CT molecular complexity index is 706. The van der Waals surface area contributed by atoms with Crippen LogP contribution in [-0.2, 0) is 12.8 Å². The molecule has 0 aromatic heterocycles. The largest absolute Gasteiger partial charge is 0.412 e. The molecule has 0 saturated heterocycles. The lowest BCUT2D eigenvalue weighted by atomic mass is 9.92. The van der Waals surface area contributed by atoms with Crippen molar-refractivity contribution in [2.45, 2.75) is 66.0 Å². The van der Waals surface area contributed by atoms with Gasteiger partial charge >= 0.3 is 0 Å². The summed E-state index contributed by atoms with van der Waals surface area (Å²) in [7, 11) is 1.74. The number of rotatable bonds is 5. The highest BCUT2D eigenvalue weighted by atomic mass is 19.1. The minimum absolute atomic E-state index is 0. The van der Waals surface area contributed by atoms with Crippen LogP contribution in [0.15, 0.2) is 31.4 Å². The van der Waals surface area contributed by atoms with Gasteiger partial charge < -0.3 is 16.3 Å². The summed E-state index contributed by atoms with van der Waals surface area (Å²) >= 11 is 0. The van der Waals surface area contributed by atoms with E-state index >= 15 is 0 Å². The van der Waals surface area contributed by atoms with Gasteiger partial charge in [-0.1, -0.05) is 37.3 Å². The first-order valence-electron chi connectivity index (χ1n) is 10.5. The fourth-order valence-electron chi connectivity index (χ4n) is 3.90. The van der Waals surface area contributed by atoms with Crippen LogP contribution in [0.3, 0.4) is 0 Å². The van der Waals surface area contributed by atoms with Gasteiger partial charge in [-0.05, 0) is 100 Å². The summed E-state index contributed by atoms with van der Waals surface area (Å²) < 4.78 is 12.3. The number of allylic oxidation sites excluding steroid dienone is 1. The fraction of sp³-hybridized carbons (Fsp3) is 0.538. The normalized spacial score (nSPS) is 17.2. The summed E-state index contributed by atoms with van der Waals surface area (Å²) in [5.41, 5.74) is 7.90. The average molecular weight is 424 g/mol. The number of hydrogen-bond acceptors (Lipinski definition) is 1. The van der Waals surface area contributed by atoms with Crippen molar-refractivity contribution in [2.75, 3.05) is 13.6 Å². The molecule has 4 heteroatoms. The lowest BCUT2D eigenvalue weighted by Crippen LogP contribution is -2.27. The number of fused-ring (bicyclic) bond motifs is 1. The molecule has 1 aromatic carbocycles. The zero-order valence-electron chi connectivity index (χ0n) is 19.9. The van der Waals surface area contributed by atoms with E-state index < -0.39 is 5.67 Å². The van der Waals surface area contributed by atoms with E-state index in [0.29, 0.717) is 6.54 Å². The predicted octanol–water partition coefficient (Wildman–Crippen LogP) is 5.54. The third kappa shape index (κ3) is 8.95. The molecule has 2 aliphatic carbocycles. The van der Waals surface area contributed by atoms with Crippen molar-refractivity contribution < 1.29 is 16.8 Å². The van der Waals surface area contributed by atoms with Crippen LogP contribution in [0.2, 0.25) is 0 Å². The molecule has 0 aliphatic heterocycles. The maximum atomic E-state index is 12.3. The second-order valence-electron chi connectivity index (χ2n) is 8.77. The Morgan fingerprint density at radius 2 is 1.83 bits per heavy atom. The van der Waals surface area contributed by atoms with Gasteiger partial charge in [-0.2, -0.15) is 0 Å². The van der Waals surface area contributed by atoms with Crippen molar-refractivity contribution in [2.24, 2.45) is 11.8 Å². The monoisotopic (exact) mass is 423 g/mol. The molecule has 0 amide bonds. The van der Waals surface area contributed by atoms with Crippen LogP contribution in [0, 0.1) is 18.8 Å². The Hall–Kier alpha value is -1.75. The van der Waals surface area contributed by atoms with Gasteiger partial charge in [-0.3, -0.25) is 0 Å². The summed E-state index contributed by atoms with van der Waals surface area (Å²) in [5, 5.41) is 2.73. The van der Waals surface area contributed by atoms with E-state index in [9.17, 15) is 4.39 Å². The standard InChI is InChI=1S/C19H24.C5H12FN.C2H4.2H2O.H2/c1-5-15-11-17-8-12(2)9-18(17)14(4)19(15)10-13(3)16-6-7-16;1-5(2,6)4-7-3;1-2;;;/h5,10-12,16H,1,6-9H2,2-4H3;7H,4H2,1-3H3;1-2H2;2*1H2;1H/b13-10+;;;;;/t12-;;;;;/m1...../s1. The van der Waals surface area contributed by atoms with E-state index in [-0.39, 0.29) is 12.4 Å². The van der Waals surface area contributed by atoms with Gasteiger partial charge in [-0.15, -0.1) is 13.2 Å². The Balaban J connectivity index is -0.000000570. The first kappa shape index (κ1) is 30.4. The number of nitrogens with one attached hydrogen (secondary N) is 1. The molecule has 0 radical (unpaired) electrons. The first-order chi connectivity index (χ1) is 13.2. The molecule has 174 valence electrons. The highest BCUT2D eigenvalue weighted by molar-refractivity contribution is 5.71.